The molecular weight excluding hydrogens is 799 g/mol. The molecule has 1 atom stereocenters. The zero-order valence-corrected chi connectivity index (χ0v) is 34.1. The summed E-state index contributed by atoms with van der Waals surface area (Å²) in [5.41, 5.74) is 3.09. The maximum atomic E-state index is 14.4. The van der Waals surface area contributed by atoms with Crippen LogP contribution in [0.4, 0.5) is 24.5 Å². The number of hydrogen-bond acceptors (Lipinski definition) is 9. The van der Waals surface area contributed by atoms with Gasteiger partial charge in [0.2, 0.25) is 0 Å². The van der Waals surface area contributed by atoms with Crippen molar-refractivity contribution in [3.05, 3.63) is 130 Å². The van der Waals surface area contributed by atoms with Gasteiger partial charge in [0.1, 0.15) is 0 Å². The van der Waals surface area contributed by atoms with Crippen LogP contribution < -0.4 is 14.9 Å². The topological polar surface area (TPSA) is 85.0 Å². The highest BCUT2D eigenvalue weighted by Crippen LogP contribution is 2.37. The number of carbonyl (C=O) groups excluding carboxylic acids is 1. The quantitative estimate of drug-likeness (QED) is 0.101. The van der Waals surface area contributed by atoms with Crippen LogP contribution in [0.1, 0.15) is 27.9 Å². The highest BCUT2D eigenvalue weighted by atomic mass is 35.5. The van der Waals surface area contributed by atoms with Crippen LogP contribution >= 0.6 is 34.7 Å². The molecule has 15 heteroatoms. The van der Waals surface area contributed by atoms with Crippen LogP contribution in [-0.4, -0.2) is 82.7 Å². The van der Waals surface area contributed by atoms with Gasteiger partial charge in [-0.25, -0.2) is 13.1 Å². The highest BCUT2D eigenvalue weighted by molar-refractivity contribution is 8.01. The molecular formula is C41H43ClF3N5O3S3. The Balaban J connectivity index is 1.07. The van der Waals surface area contributed by atoms with E-state index in [1.807, 2.05) is 77.6 Å². The molecule has 0 radical (unpaired) electrons. The number of alkyl halides is 3. The lowest BCUT2D eigenvalue weighted by Crippen LogP contribution is -2.46. The van der Waals surface area contributed by atoms with Crippen molar-refractivity contribution in [2.24, 2.45) is 0 Å². The molecule has 0 aliphatic carbocycles. The third-order valence-corrected chi connectivity index (χ3v) is 13.3. The number of sulfonamides is 1. The molecule has 2 N–H and O–H groups in total. The van der Waals surface area contributed by atoms with E-state index in [4.69, 9.17) is 11.6 Å². The van der Waals surface area contributed by atoms with Crippen molar-refractivity contribution in [1.82, 2.24) is 14.5 Å². The summed E-state index contributed by atoms with van der Waals surface area (Å²) >= 11 is 9.20. The van der Waals surface area contributed by atoms with E-state index in [0.29, 0.717) is 29.8 Å². The van der Waals surface area contributed by atoms with Crippen molar-refractivity contribution in [1.29, 1.82) is 0 Å². The van der Waals surface area contributed by atoms with E-state index in [0.717, 1.165) is 65.9 Å². The lowest BCUT2D eigenvalue weighted by Gasteiger charge is -2.36. The number of thioether (sulfide) groups is 1. The summed E-state index contributed by atoms with van der Waals surface area (Å²) in [6, 6.07) is 29.0. The summed E-state index contributed by atoms with van der Waals surface area (Å²) in [6.45, 7) is 4.56. The number of anilines is 2. The molecule has 5 aromatic rings. The van der Waals surface area contributed by atoms with Crippen LogP contribution in [0.5, 0.6) is 0 Å². The largest absolute Gasteiger partial charge is 0.418 e. The van der Waals surface area contributed by atoms with E-state index in [9.17, 15) is 26.4 Å². The predicted octanol–water partition coefficient (Wildman–Crippen LogP) is 9.05. The van der Waals surface area contributed by atoms with Crippen LogP contribution in [0.25, 0.3) is 11.1 Å². The Labute approximate surface area is 339 Å². The molecule has 8 nitrogen and oxygen atoms in total. The maximum Gasteiger partial charge on any atom is 0.418 e. The van der Waals surface area contributed by atoms with Gasteiger partial charge < -0.3 is 15.1 Å². The second-order valence-corrected chi connectivity index (χ2v) is 18.2. The van der Waals surface area contributed by atoms with E-state index in [-0.39, 0.29) is 17.3 Å². The van der Waals surface area contributed by atoms with Gasteiger partial charge >= 0.3 is 6.18 Å². The number of halogens is 4. The Kier molecular flexibility index (Phi) is 13.7. The molecule has 1 aliphatic heterocycles. The van der Waals surface area contributed by atoms with Crippen molar-refractivity contribution < 1.29 is 26.4 Å². The summed E-state index contributed by atoms with van der Waals surface area (Å²) in [5, 5.41) is 5.65. The number of carbonyl (C=O) groups is 1. The SMILES string of the molecule is CN(C)CC[C@H](CSc1cccs1)Nc1ccc(S(=O)(=O)NC(=O)c2ccc(N3CCN(Cc4ccccc4-c4ccc(Cl)cc4)CC3)cc2)cc1C(F)(F)F. The number of amides is 1. The molecule has 0 unspecified atom stereocenters. The van der Waals surface area contributed by atoms with E-state index >= 15 is 0 Å². The standard InChI is InChI=1S/C41H43ClF3N5O3S3/c1-48(2)20-19-33(28-55-39-8-5-25-54-39)46-38-18-17-35(26-37(38)41(43,44)45)56(52,53)47-40(51)30-11-15-34(16-12-30)50-23-21-49(22-24-50)27-31-6-3-4-7-36(31)29-9-13-32(42)14-10-29/h3-18,25-26,33,46H,19-24,27-28H2,1-2H3,(H,47,51)/t33-/m1/s1. The summed E-state index contributed by atoms with van der Waals surface area (Å²) in [6.07, 6.45) is -4.29. The third-order valence-electron chi connectivity index (χ3n) is 9.47. The zero-order valence-electron chi connectivity index (χ0n) is 30.9. The predicted molar refractivity (Wildman–Crippen MR) is 223 cm³/mol. The summed E-state index contributed by atoms with van der Waals surface area (Å²) in [4.78, 5) is 19.0. The molecule has 1 aliphatic rings. The first kappa shape index (κ1) is 41.6. The average molecular weight is 842 g/mol. The maximum absolute atomic E-state index is 14.4. The Morgan fingerprint density at radius 2 is 1.64 bits per heavy atom. The summed E-state index contributed by atoms with van der Waals surface area (Å²) in [7, 11) is -0.861. The van der Waals surface area contributed by atoms with Gasteiger partial charge in [-0.05, 0) is 110 Å². The number of nitrogens with one attached hydrogen (secondary N) is 2. The van der Waals surface area contributed by atoms with Crippen LogP contribution in [0.2, 0.25) is 5.02 Å². The molecule has 0 spiro atoms. The van der Waals surface area contributed by atoms with Crippen LogP contribution in [0, 0.1) is 0 Å². The molecule has 1 fully saturated rings. The lowest BCUT2D eigenvalue weighted by atomic mass is 9.99. The van der Waals surface area contributed by atoms with E-state index in [2.05, 4.69) is 27.2 Å². The molecule has 4 aromatic carbocycles. The fourth-order valence-electron chi connectivity index (χ4n) is 6.45. The van der Waals surface area contributed by atoms with Crippen molar-refractivity contribution in [2.45, 2.75) is 34.3 Å². The van der Waals surface area contributed by atoms with Gasteiger partial charge in [0, 0.05) is 66.5 Å². The Bertz CT molecular complexity index is 2180. The number of benzene rings is 4. The monoisotopic (exact) mass is 841 g/mol. The number of thiophene rings is 1. The zero-order chi connectivity index (χ0) is 39.9. The van der Waals surface area contributed by atoms with E-state index in [1.165, 1.54) is 17.7 Å². The first-order valence-electron chi connectivity index (χ1n) is 18.0. The lowest BCUT2D eigenvalue weighted by molar-refractivity contribution is -0.137. The fraction of sp³-hybridized carbons (Fsp3) is 0.293. The van der Waals surface area contributed by atoms with Gasteiger partial charge in [-0.3, -0.25) is 9.69 Å². The molecule has 56 heavy (non-hydrogen) atoms. The Morgan fingerprint density at radius 3 is 2.30 bits per heavy atom. The second-order valence-electron chi connectivity index (χ2n) is 13.8. The number of nitrogens with zero attached hydrogens (tertiary/aromatic N) is 3. The number of rotatable bonds is 15. The normalized spacial score (nSPS) is 14.5. The minimum atomic E-state index is -4.85. The van der Waals surface area contributed by atoms with E-state index < -0.39 is 32.6 Å². The molecule has 296 valence electrons. The molecule has 1 saturated heterocycles. The molecule has 1 aromatic heterocycles. The summed E-state index contributed by atoms with van der Waals surface area (Å²) in [5.74, 6) is -0.428. The third kappa shape index (κ3) is 11.1. The highest BCUT2D eigenvalue weighted by Gasteiger charge is 2.36. The van der Waals surface area contributed by atoms with Crippen molar-refractivity contribution >= 4 is 62.0 Å². The molecule has 1 amide bonds. The minimum absolute atomic E-state index is 0.0658. The first-order chi connectivity index (χ1) is 26.7. The molecule has 6 rings (SSSR count). The molecule has 0 saturated carbocycles. The van der Waals surface area contributed by atoms with Crippen molar-refractivity contribution in [2.75, 3.05) is 62.8 Å². The first-order valence-corrected chi connectivity index (χ1v) is 21.7. The van der Waals surface area contributed by atoms with Gasteiger partial charge in [-0.2, -0.15) is 13.2 Å². The van der Waals surface area contributed by atoms with Crippen LogP contribution in [0.3, 0.4) is 0 Å². The average Bonchev–Trinajstić information content (AvgIpc) is 3.70. The van der Waals surface area contributed by atoms with E-state index in [1.54, 1.807) is 35.2 Å². The minimum Gasteiger partial charge on any atom is -0.381 e. The fourth-order valence-corrected chi connectivity index (χ4v) is 9.46. The van der Waals surface area contributed by atoms with Gasteiger partial charge in [0.25, 0.3) is 15.9 Å². The second kappa shape index (κ2) is 18.5. The van der Waals surface area contributed by atoms with Gasteiger partial charge in [-0.1, -0.05) is 54.1 Å². The number of hydrogen-bond donors (Lipinski definition) is 2. The molecule has 2 heterocycles. The smallest absolute Gasteiger partial charge is 0.381 e. The van der Waals surface area contributed by atoms with Crippen LogP contribution in [-0.2, 0) is 22.7 Å². The van der Waals surface area contributed by atoms with Gasteiger partial charge in [0.15, 0.2) is 0 Å². The Morgan fingerprint density at radius 1 is 0.929 bits per heavy atom. The van der Waals surface area contributed by atoms with Crippen molar-refractivity contribution in [3.8, 4) is 11.1 Å². The van der Waals surface area contributed by atoms with Crippen molar-refractivity contribution in [3.63, 3.8) is 0 Å². The summed E-state index contributed by atoms with van der Waals surface area (Å²) < 4.78 is 72.7. The van der Waals surface area contributed by atoms with Crippen LogP contribution in [0.15, 0.2) is 118 Å². The molecule has 0 bridgehead atoms. The van der Waals surface area contributed by atoms with Gasteiger partial charge in [-0.15, -0.1) is 23.1 Å². The van der Waals surface area contributed by atoms with Gasteiger partial charge in [0.05, 0.1) is 14.7 Å². The number of piperazine rings is 1. The Hall–Kier alpha value is -4.05.